The average Bonchev–Trinajstić information content (AvgIpc) is 2.73. The van der Waals surface area contributed by atoms with E-state index in [1.54, 1.807) is 0 Å². The predicted octanol–water partition coefficient (Wildman–Crippen LogP) is 0.934. The summed E-state index contributed by atoms with van der Waals surface area (Å²) in [6, 6.07) is 0. The lowest BCUT2D eigenvalue weighted by Crippen LogP contribution is -2.23. The molecular formula is C10H15N3O3. The van der Waals surface area contributed by atoms with Crippen LogP contribution in [0.25, 0.3) is 0 Å². The number of carboxylic acid groups (broad SMARTS) is 1. The van der Waals surface area contributed by atoms with Crippen molar-refractivity contribution in [3.8, 4) is 0 Å². The standard InChI is InChI=1S/C10H15N3O3/c1-10(2)4-3-7(16-10)5-13-6-8(9(14)15)11-12-13/h6-7H,3-5H2,1-2H3,(H,14,15). The van der Waals surface area contributed by atoms with Gasteiger partial charge in [0.1, 0.15) is 0 Å². The second-order valence-electron chi connectivity index (χ2n) is 4.67. The minimum atomic E-state index is -1.06. The van der Waals surface area contributed by atoms with E-state index in [1.165, 1.54) is 10.9 Å². The van der Waals surface area contributed by atoms with E-state index in [4.69, 9.17) is 9.84 Å². The van der Waals surface area contributed by atoms with E-state index >= 15 is 0 Å². The highest BCUT2D eigenvalue weighted by Gasteiger charge is 2.31. The number of hydrogen-bond acceptors (Lipinski definition) is 4. The molecule has 0 aliphatic carbocycles. The van der Waals surface area contributed by atoms with Gasteiger partial charge in [-0.1, -0.05) is 5.21 Å². The largest absolute Gasteiger partial charge is 0.476 e. The summed E-state index contributed by atoms with van der Waals surface area (Å²) in [5.41, 5.74) is -0.113. The zero-order chi connectivity index (χ0) is 11.8. The topological polar surface area (TPSA) is 77.2 Å². The lowest BCUT2D eigenvalue weighted by molar-refractivity contribution is -0.0231. The molecule has 0 radical (unpaired) electrons. The van der Waals surface area contributed by atoms with E-state index in [9.17, 15) is 4.79 Å². The molecule has 1 unspecified atom stereocenters. The van der Waals surface area contributed by atoms with Crippen molar-refractivity contribution >= 4 is 5.97 Å². The summed E-state index contributed by atoms with van der Waals surface area (Å²) in [5.74, 6) is -1.06. The van der Waals surface area contributed by atoms with Crippen LogP contribution in [0.5, 0.6) is 0 Å². The number of hydrogen-bond donors (Lipinski definition) is 1. The first-order chi connectivity index (χ1) is 7.46. The summed E-state index contributed by atoms with van der Waals surface area (Å²) in [7, 11) is 0. The third-order valence-electron chi connectivity index (χ3n) is 2.70. The number of carboxylic acids is 1. The number of rotatable bonds is 3. The molecule has 1 atom stereocenters. The molecule has 0 saturated carbocycles. The maximum absolute atomic E-state index is 10.6. The maximum atomic E-state index is 10.6. The minimum absolute atomic E-state index is 0.0303. The smallest absolute Gasteiger partial charge is 0.358 e. The highest BCUT2D eigenvalue weighted by Crippen LogP contribution is 2.29. The van der Waals surface area contributed by atoms with Gasteiger partial charge < -0.3 is 9.84 Å². The van der Waals surface area contributed by atoms with Gasteiger partial charge in [-0.2, -0.15) is 0 Å². The van der Waals surface area contributed by atoms with Gasteiger partial charge in [0.15, 0.2) is 5.69 Å². The van der Waals surface area contributed by atoms with Crippen LogP contribution in [0.15, 0.2) is 6.20 Å². The average molecular weight is 225 g/mol. The van der Waals surface area contributed by atoms with Gasteiger partial charge in [-0.15, -0.1) is 5.10 Å². The summed E-state index contributed by atoms with van der Waals surface area (Å²) >= 11 is 0. The first-order valence-corrected chi connectivity index (χ1v) is 5.27. The van der Waals surface area contributed by atoms with Crippen LogP contribution in [0.1, 0.15) is 37.2 Å². The van der Waals surface area contributed by atoms with Gasteiger partial charge in [-0.3, -0.25) is 0 Å². The van der Waals surface area contributed by atoms with Crippen LogP contribution in [0.4, 0.5) is 0 Å². The molecule has 1 N–H and O–H groups in total. The van der Waals surface area contributed by atoms with Gasteiger partial charge in [0.05, 0.1) is 24.4 Å². The molecule has 1 aromatic heterocycles. The molecule has 1 aliphatic rings. The Labute approximate surface area is 93.2 Å². The quantitative estimate of drug-likeness (QED) is 0.828. The highest BCUT2D eigenvalue weighted by molar-refractivity contribution is 5.84. The van der Waals surface area contributed by atoms with Crippen LogP contribution in [0.3, 0.4) is 0 Å². The molecule has 1 fully saturated rings. The first-order valence-electron chi connectivity index (χ1n) is 5.27. The van der Waals surface area contributed by atoms with E-state index in [0.717, 1.165) is 12.8 Å². The highest BCUT2D eigenvalue weighted by atomic mass is 16.5. The maximum Gasteiger partial charge on any atom is 0.358 e. The number of nitrogens with zero attached hydrogens (tertiary/aromatic N) is 3. The van der Waals surface area contributed by atoms with E-state index in [2.05, 4.69) is 24.2 Å². The van der Waals surface area contributed by atoms with Crippen molar-refractivity contribution in [2.45, 2.75) is 44.9 Å². The molecule has 0 bridgehead atoms. The van der Waals surface area contributed by atoms with E-state index in [0.29, 0.717) is 6.54 Å². The molecule has 88 valence electrons. The molecule has 1 aromatic rings. The van der Waals surface area contributed by atoms with Gasteiger partial charge >= 0.3 is 5.97 Å². The Hall–Kier alpha value is -1.43. The van der Waals surface area contributed by atoms with Crippen molar-refractivity contribution in [3.63, 3.8) is 0 Å². The molecule has 2 heterocycles. The molecule has 16 heavy (non-hydrogen) atoms. The summed E-state index contributed by atoms with van der Waals surface area (Å²) in [5, 5.41) is 16.0. The van der Waals surface area contributed by atoms with Crippen LogP contribution < -0.4 is 0 Å². The number of aromatic nitrogens is 3. The van der Waals surface area contributed by atoms with Gasteiger partial charge in [0.25, 0.3) is 0 Å². The molecule has 6 nitrogen and oxygen atoms in total. The van der Waals surface area contributed by atoms with Crippen molar-refractivity contribution in [3.05, 3.63) is 11.9 Å². The zero-order valence-electron chi connectivity index (χ0n) is 9.38. The molecule has 2 rings (SSSR count). The van der Waals surface area contributed by atoms with Crippen LogP contribution in [0.2, 0.25) is 0 Å². The van der Waals surface area contributed by atoms with Crippen LogP contribution in [0, 0.1) is 0 Å². The first kappa shape index (κ1) is 11.1. The van der Waals surface area contributed by atoms with Crippen LogP contribution >= 0.6 is 0 Å². The van der Waals surface area contributed by atoms with Crippen molar-refractivity contribution in [1.29, 1.82) is 0 Å². The summed E-state index contributed by atoms with van der Waals surface area (Å²) in [4.78, 5) is 10.6. The Morgan fingerprint density at radius 1 is 1.75 bits per heavy atom. The SMILES string of the molecule is CC1(C)CCC(Cn2cc(C(=O)O)nn2)O1. The molecule has 0 aromatic carbocycles. The number of aromatic carboxylic acids is 1. The van der Waals surface area contributed by atoms with Crippen molar-refractivity contribution < 1.29 is 14.6 Å². The zero-order valence-corrected chi connectivity index (χ0v) is 9.38. The summed E-state index contributed by atoms with van der Waals surface area (Å²) < 4.78 is 7.31. The van der Waals surface area contributed by atoms with Crippen molar-refractivity contribution in [2.75, 3.05) is 0 Å². The monoisotopic (exact) mass is 225 g/mol. The summed E-state index contributed by atoms with van der Waals surface area (Å²) in [6.45, 7) is 4.66. The lowest BCUT2D eigenvalue weighted by Gasteiger charge is -2.18. The predicted molar refractivity (Wildman–Crippen MR) is 55.2 cm³/mol. The Kier molecular flexibility index (Phi) is 2.67. The van der Waals surface area contributed by atoms with Crippen LogP contribution in [-0.2, 0) is 11.3 Å². The second-order valence-corrected chi connectivity index (χ2v) is 4.67. The van der Waals surface area contributed by atoms with E-state index < -0.39 is 5.97 Å². The van der Waals surface area contributed by atoms with E-state index in [1.807, 2.05) is 0 Å². The number of carbonyl (C=O) groups is 1. The normalized spacial score (nSPS) is 23.5. The van der Waals surface area contributed by atoms with Gasteiger partial charge in [-0.25, -0.2) is 9.48 Å². The fraction of sp³-hybridized carbons (Fsp3) is 0.700. The summed E-state index contributed by atoms with van der Waals surface area (Å²) in [6.07, 6.45) is 3.50. The Morgan fingerprint density at radius 3 is 3.00 bits per heavy atom. The Bertz CT molecular complexity index is 400. The van der Waals surface area contributed by atoms with E-state index in [-0.39, 0.29) is 17.4 Å². The molecule has 0 amide bonds. The molecule has 6 heteroatoms. The van der Waals surface area contributed by atoms with Crippen molar-refractivity contribution in [2.24, 2.45) is 0 Å². The molecule has 0 spiro atoms. The minimum Gasteiger partial charge on any atom is -0.476 e. The van der Waals surface area contributed by atoms with Gasteiger partial charge in [0.2, 0.25) is 0 Å². The second kappa shape index (κ2) is 3.86. The molecule has 1 aliphatic heterocycles. The van der Waals surface area contributed by atoms with Gasteiger partial charge in [-0.05, 0) is 26.7 Å². The third-order valence-corrected chi connectivity index (χ3v) is 2.70. The van der Waals surface area contributed by atoms with Gasteiger partial charge in [0, 0.05) is 0 Å². The molecule has 1 saturated heterocycles. The number of ether oxygens (including phenoxy) is 1. The fourth-order valence-electron chi connectivity index (χ4n) is 1.90. The lowest BCUT2D eigenvalue weighted by atomic mass is 10.1. The Morgan fingerprint density at radius 2 is 2.50 bits per heavy atom. The van der Waals surface area contributed by atoms with Crippen molar-refractivity contribution in [1.82, 2.24) is 15.0 Å². The fourth-order valence-corrected chi connectivity index (χ4v) is 1.90. The molecular weight excluding hydrogens is 210 g/mol. The third kappa shape index (κ3) is 2.38. The Balaban J connectivity index is 1.97. The van der Waals surface area contributed by atoms with Crippen LogP contribution in [-0.4, -0.2) is 37.8 Å².